The van der Waals surface area contributed by atoms with Crippen LogP contribution in [0.1, 0.15) is 46.0 Å². The van der Waals surface area contributed by atoms with Crippen LogP contribution in [0.3, 0.4) is 0 Å². The van der Waals surface area contributed by atoms with Crippen LogP contribution in [-0.4, -0.2) is 58.6 Å². The molecule has 1 amide bonds. The molecule has 0 radical (unpaired) electrons. The summed E-state index contributed by atoms with van der Waals surface area (Å²) in [5, 5.41) is 9.51. The van der Waals surface area contributed by atoms with Crippen molar-refractivity contribution in [1.82, 2.24) is 9.80 Å². The molecule has 1 unspecified atom stereocenters. The van der Waals surface area contributed by atoms with Gasteiger partial charge in [-0.25, -0.2) is 0 Å². The Kier molecular flexibility index (Phi) is 4.62. The molecule has 0 aromatic heterocycles. The summed E-state index contributed by atoms with van der Waals surface area (Å²) < 4.78 is 0. The number of piperidine rings is 2. The highest BCUT2D eigenvalue weighted by Crippen LogP contribution is 2.22. The quantitative estimate of drug-likeness (QED) is 0.806. The van der Waals surface area contributed by atoms with E-state index in [2.05, 4.69) is 18.7 Å². The standard InChI is InChI=1S/C14H26N2O2/c1-11(2)16-8-4-3-5-13(16)14(18)15-9-6-12(17)7-10-15/h11-13,17H,3-10H2,1-2H3. The van der Waals surface area contributed by atoms with Gasteiger partial charge in [-0.3, -0.25) is 9.69 Å². The first-order valence-corrected chi connectivity index (χ1v) is 7.32. The van der Waals surface area contributed by atoms with Crippen molar-refractivity contribution in [3.05, 3.63) is 0 Å². The Bertz CT molecular complexity index is 286. The van der Waals surface area contributed by atoms with Crippen molar-refractivity contribution in [3.8, 4) is 0 Å². The van der Waals surface area contributed by atoms with E-state index in [0.717, 1.165) is 45.3 Å². The predicted molar refractivity (Wildman–Crippen MR) is 71.3 cm³/mol. The first-order valence-electron chi connectivity index (χ1n) is 7.32. The van der Waals surface area contributed by atoms with Crippen molar-refractivity contribution >= 4 is 5.91 Å². The van der Waals surface area contributed by atoms with Crippen molar-refractivity contribution in [2.75, 3.05) is 19.6 Å². The number of hydrogen-bond donors (Lipinski definition) is 1. The zero-order chi connectivity index (χ0) is 13.1. The van der Waals surface area contributed by atoms with E-state index in [1.54, 1.807) is 0 Å². The number of likely N-dealkylation sites (tertiary alicyclic amines) is 2. The van der Waals surface area contributed by atoms with E-state index >= 15 is 0 Å². The van der Waals surface area contributed by atoms with E-state index in [1.807, 2.05) is 4.90 Å². The Balaban J connectivity index is 1.97. The highest BCUT2D eigenvalue weighted by molar-refractivity contribution is 5.82. The average Bonchev–Trinajstić information content (AvgIpc) is 2.39. The molecule has 0 bridgehead atoms. The summed E-state index contributed by atoms with van der Waals surface area (Å²) in [6.45, 7) is 6.84. The highest BCUT2D eigenvalue weighted by atomic mass is 16.3. The van der Waals surface area contributed by atoms with Crippen LogP contribution in [0.15, 0.2) is 0 Å². The number of nitrogens with zero attached hydrogens (tertiary/aromatic N) is 2. The molecule has 0 spiro atoms. The minimum Gasteiger partial charge on any atom is -0.393 e. The van der Waals surface area contributed by atoms with Gasteiger partial charge in [0.2, 0.25) is 5.91 Å². The molecule has 2 aliphatic rings. The lowest BCUT2D eigenvalue weighted by atomic mass is 9.98. The van der Waals surface area contributed by atoms with Gasteiger partial charge in [-0.15, -0.1) is 0 Å². The molecule has 1 atom stereocenters. The molecule has 0 aromatic rings. The van der Waals surface area contributed by atoms with Crippen LogP contribution < -0.4 is 0 Å². The van der Waals surface area contributed by atoms with Gasteiger partial charge in [0.05, 0.1) is 12.1 Å². The number of aliphatic hydroxyl groups is 1. The molecule has 104 valence electrons. The van der Waals surface area contributed by atoms with Gasteiger partial charge >= 0.3 is 0 Å². The lowest BCUT2D eigenvalue weighted by molar-refractivity contribution is -0.141. The van der Waals surface area contributed by atoms with Crippen LogP contribution in [-0.2, 0) is 4.79 Å². The van der Waals surface area contributed by atoms with Crippen molar-refractivity contribution in [1.29, 1.82) is 0 Å². The van der Waals surface area contributed by atoms with Crippen LogP contribution in [0.4, 0.5) is 0 Å². The monoisotopic (exact) mass is 254 g/mol. The van der Waals surface area contributed by atoms with Crippen LogP contribution >= 0.6 is 0 Å². The Hall–Kier alpha value is -0.610. The predicted octanol–water partition coefficient (Wildman–Crippen LogP) is 1.23. The third-order valence-electron chi connectivity index (χ3n) is 4.27. The van der Waals surface area contributed by atoms with E-state index in [1.165, 1.54) is 6.42 Å². The van der Waals surface area contributed by atoms with Gasteiger partial charge in [0.25, 0.3) is 0 Å². The molecular weight excluding hydrogens is 228 g/mol. The molecule has 2 saturated heterocycles. The first kappa shape index (κ1) is 13.8. The summed E-state index contributed by atoms with van der Waals surface area (Å²) in [5.41, 5.74) is 0. The van der Waals surface area contributed by atoms with Crippen molar-refractivity contribution < 1.29 is 9.90 Å². The molecular formula is C14H26N2O2. The van der Waals surface area contributed by atoms with Gasteiger partial charge in [-0.05, 0) is 46.1 Å². The SMILES string of the molecule is CC(C)N1CCCCC1C(=O)N1CCC(O)CC1. The largest absolute Gasteiger partial charge is 0.393 e. The van der Waals surface area contributed by atoms with E-state index in [0.29, 0.717) is 6.04 Å². The Morgan fingerprint density at radius 3 is 2.39 bits per heavy atom. The number of amides is 1. The maximum Gasteiger partial charge on any atom is 0.239 e. The second-order valence-electron chi connectivity index (χ2n) is 5.90. The van der Waals surface area contributed by atoms with Gasteiger partial charge in [-0.2, -0.15) is 0 Å². The van der Waals surface area contributed by atoms with Crippen molar-refractivity contribution in [2.24, 2.45) is 0 Å². The maximum atomic E-state index is 12.6. The molecule has 4 heteroatoms. The number of carbonyl (C=O) groups is 1. The normalized spacial score (nSPS) is 27.8. The maximum absolute atomic E-state index is 12.6. The summed E-state index contributed by atoms with van der Waals surface area (Å²) in [5.74, 6) is 0.287. The minimum absolute atomic E-state index is 0.0778. The molecule has 2 aliphatic heterocycles. The number of aliphatic hydroxyl groups excluding tert-OH is 1. The second kappa shape index (κ2) is 6.02. The van der Waals surface area contributed by atoms with E-state index in [-0.39, 0.29) is 18.1 Å². The molecule has 0 saturated carbocycles. The van der Waals surface area contributed by atoms with Crippen LogP contribution in [0.5, 0.6) is 0 Å². The summed E-state index contributed by atoms with van der Waals surface area (Å²) in [6, 6.07) is 0.517. The van der Waals surface area contributed by atoms with Crippen LogP contribution in [0, 0.1) is 0 Å². The number of hydrogen-bond acceptors (Lipinski definition) is 3. The third kappa shape index (κ3) is 3.04. The number of rotatable bonds is 2. The summed E-state index contributed by atoms with van der Waals surface area (Å²) in [7, 11) is 0. The van der Waals surface area contributed by atoms with E-state index in [9.17, 15) is 9.90 Å². The fraction of sp³-hybridized carbons (Fsp3) is 0.929. The van der Waals surface area contributed by atoms with Gasteiger partial charge in [0.15, 0.2) is 0 Å². The fourth-order valence-electron chi connectivity index (χ4n) is 3.13. The number of carbonyl (C=O) groups excluding carboxylic acids is 1. The Morgan fingerprint density at radius 2 is 1.78 bits per heavy atom. The topological polar surface area (TPSA) is 43.8 Å². The Labute approximate surface area is 110 Å². The molecule has 18 heavy (non-hydrogen) atoms. The zero-order valence-corrected chi connectivity index (χ0v) is 11.6. The molecule has 0 aliphatic carbocycles. The van der Waals surface area contributed by atoms with Crippen LogP contribution in [0.2, 0.25) is 0 Å². The minimum atomic E-state index is -0.207. The van der Waals surface area contributed by atoms with Gasteiger partial charge in [-0.1, -0.05) is 6.42 Å². The lowest BCUT2D eigenvalue weighted by Crippen LogP contribution is -2.54. The summed E-state index contributed by atoms with van der Waals surface area (Å²) >= 11 is 0. The summed E-state index contributed by atoms with van der Waals surface area (Å²) in [6.07, 6.45) is 4.63. The molecule has 0 aromatic carbocycles. The zero-order valence-electron chi connectivity index (χ0n) is 11.6. The van der Waals surface area contributed by atoms with Crippen molar-refractivity contribution in [3.63, 3.8) is 0 Å². The average molecular weight is 254 g/mol. The van der Waals surface area contributed by atoms with Crippen LogP contribution in [0.25, 0.3) is 0 Å². The molecule has 2 heterocycles. The third-order valence-corrected chi connectivity index (χ3v) is 4.27. The van der Waals surface area contributed by atoms with Gasteiger partial charge < -0.3 is 10.0 Å². The molecule has 2 rings (SSSR count). The van der Waals surface area contributed by atoms with E-state index < -0.39 is 0 Å². The lowest BCUT2D eigenvalue weighted by Gasteiger charge is -2.41. The van der Waals surface area contributed by atoms with Gasteiger partial charge in [0.1, 0.15) is 0 Å². The van der Waals surface area contributed by atoms with Gasteiger partial charge in [0, 0.05) is 19.1 Å². The molecule has 2 fully saturated rings. The smallest absolute Gasteiger partial charge is 0.239 e. The van der Waals surface area contributed by atoms with Crippen molar-refractivity contribution in [2.45, 2.75) is 64.1 Å². The Morgan fingerprint density at radius 1 is 1.11 bits per heavy atom. The highest BCUT2D eigenvalue weighted by Gasteiger charge is 2.34. The summed E-state index contributed by atoms with van der Waals surface area (Å²) in [4.78, 5) is 16.9. The fourth-order valence-corrected chi connectivity index (χ4v) is 3.13. The molecule has 4 nitrogen and oxygen atoms in total. The van der Waals surface area contributed by atoms with E-state index in [4.69, 9.17) is 0 Å². The molecule has 1 N–H and O–H groups in total. The first-order chi connectivity index (χ1) is 8.59. The second-order valence-corrected chi connectivity index (χ2v) is 5.90.